The topological polar surface area (TPSA) is 27.0 Å². The molecule has 90 valence electrons. The van der Waals surface area contributed by atoms with Gasteiger partial charge in [-0.05, 0) is 43.9 Å². The zero-order valence-electron chi connectivity index (χ0n) is 10.1. The highest BCUT2D eigenvalue weighted by Crippen LogP contribution is 2.32. The maximum atomic E-state index is 8.84. The van der Waals surface area contributed by atoms with E-state index in [1.54, 1.807) is 6.07 Å². The highest BCUT2D eigenvalue weighted by molar-refractivity contribution is 6.33. The van der Waals surface area contributed by atoms with E-state index in [1.807, 2.05) is 12.1 Å². The van der Waals surface area contributed by atoms with Gasteiger partial charge in [-0.1, -0.05) is 18.5 Å². The highest BCUT2D eigenvalue weighted by atomic mass is 35.5. The molecular formula is C14H17ClN2. The van der Waals surface area contributed by atoms with Crippen LogP contribution in [0.1, 0.15) is 38.2 Å². The monoisotopic (exact) mass is 248 g/mol. The van der Waals surface area contributed by atoms with E-state index in [0.717, 1.165) is 18.7 Å². The first-order chi connectivity index (χ1) is 8.26. The minimum atomic E-state index is 0.592. The summed E-state index contributed by atoms with van der Waals surface area (Å²) in [4.78, 5) is 2.40. The van der Waals surface area contributed by atoms with Crippen LogP contribution >= 0.6 is 11.6 Å². The molecule has 0 bridgehead atoms. The summed E-state index contributed by atoms with van der Waals surface area (Å²) in [5, 5.41) is 9.54. The number of benzene rings is 1. The number of anilines is 1. The molecule has 1 unspecified atom stereocenters. The first-order valence-electron chi connectivity index (χ1n) is 6.22. The zero-order valence-corrected chi connectivity index (χ0v) is 10.9. The maximum Gasteiger partial charge on any atom is 0.0992 e. The number of nitriles is 1. The second-order valence-electron chi connectivity index (χ2n) is 4.53. The molecule has 1 fully saturated rings. The number of piperidine rings is 1. The molecule has 1 aromatic rings. The van der Waals surface area contributed by atoms with Crippen molar-refractivity contribution in [3.63, 3.8) is 0 Å². The Labute approximate surface area is 108 Å². The molecule has 1 saturated heterocycles. The Bertz CT molecular complexity index is 436. The Balaban J connectivity index is 2.29. The SMILES string of the molecule is CCC1CCCCN1c1ccc(C#N)cc1Cl. The molecule has 2 rings (SSSR count). The standard InChI is InChI=1S/C14H17ClN2/c1-2-12-5-3-4-8-17(12)14-7-6-11(10-16)9-13(14)15/h6-7,9,12H,2-5,8H2,1H3. The van der Waals surface area contributed by atoms with Crippen molar-refractivity contribution in [2.24, 2.45) is 0 Å². The van der Waals surface area contributed by atoms with Crippen molar-refractivity contribution >= 4 is 17.3 Å². The van der Waals surface area contributed by atoms with E-state index < -0.39 is 0 Å². The molecule has 0 aromatic heterocycles. The molecule has 1 heterocycles. The summed E-state index contributed by atoms with van der Waals surface area (Å²) in [6.07, 6.45) is 4.93. The van der Waals surface area contributed by atoms with Gasteiger partial charge in [0.05, 0.1) is 22.3 Å². The lowest BCUT2D eigenvalue weighted by Crippen LogP contribution is -2.39. The van der Waals surface area contributed by atoms with Crippen LogP contribution in [0.2, 0.25) is 5.02 Å². The lowest BCUT2D eigenvalue weighted by atomic mass is 9.99. The second kappa shape index (κ2) is 5.42. The van der Waals surface area contributed by atoms with E-state index in [-0.39, 0.29) is 0 Å². The largest absolute Gasteiger partial charge is 0.367 e. The first-order valence-corrected chi connectivity index (χ1v) is 6.60. The van der Waals surface area contributed by atoms with Crippen LogP contribution < -0.4 is 4.90 Å². The van der Waals surface area contributed by atoms with Crippen molar-refractivity contribution in [3.05, 3.63) is 28.8 Å². The quantitative estimate of drug-likeness (QED) is 0.792. The minimum Gasteiger partial charge on any atom is -0.367 e. The number of halogens is 1. The van der Waals surface area contributed by atoms with E-state index in [2.05, 4.69) is 17.9 Å². The fourth-order valence-electron chi connectivity index (χ4n) is 2.55. The zero-order chi connectivity index (χ0) is 12.3. The van der Waals surface area contributed by atoms with Crippen molar-refractivity contribution in [3.8, 4) is 6.07 Å². The molecule has 2 nitrogen and oxygen atoms in total. The van der Waals surface area contributed by atoms with E-state index >= 15 is 0 Å². The summed E-state index contributed by atoms with van der Waals surface area (Å²) in [7, 11) is 0. The van der Waals surface area contributed by atoms with Crippen LogP contribution in [0.5, 0.6) is 0 Å². The van der Waals surface area contributed by atoms with Gasteiger partial charge >= 0.3 is 0 Å². The van der Waals surface area contributed by atoms with Crippen LogP contribution in [0.3, 0.4) is 0 Å². The Kier molecular flexibility index (Phi) is 3.91. The van der Waals surface area contributed by atoms with Crippen LogP contribution in [-0.2, 0) is 0 Å². The highest BCUT2D eigenvalue weighted by Gasteiger charge is 2.22. The van der Waals surface area contributed by atoms with Gasteiger partial charge in [0.15, 0.2) is 0 Å². The number of rotatable bonds is 2. The lowest BCUT2D eigenvalue weighted by molar-refractivity contribution is 0.450. The van der Waals surface area contributed by atoms with Gasteiger partial charge < -0.3 is 4.90 Å². The van der Waals surface area contributed by atoms with E-state index in [4.69, 9.17) is 16.9 Å². The van der Waals surface area contributed by atoms with Gasteiger partial charge in [-0.3, -0.25) is 0 Å². The van der Waals surface area contributed by atoms with Gasteiger partial charge in [-0.25, -0.2) is 0 Å². The number of hydrogen-bond acceptors (Lipinski definition) is 2. The van der Waals surface area contributed by atoms with Crippen molar-refractivity contribution in [2.75, 3.05) is 11.4 Å². The molecule has 0 N–H and O–H groups in total. The second-order valence-corrected chi connectivity index (χ2v) is 4.94. The van der Waals surface area contributed by atoms with Gasteiger partial charge in [0.25, 0.3) is 0 Å². The third kappa shape index (κ3) is 2.56. The van der Waals surface area contributed by atoms with Crippen LogP contribution in [0.4, 0.5) is 5.69 Å². The number of nitrogens with zero attached hydrogens (tertiary/aromatic N) is 2. The molecule has 0 aliphatic carbocycles. The van der Waals surface area contributed by atoms with E-state index in [0.29, 0.717) is 16.6 Å². The van der Waals surface area contributed by atoms with Gasteiger partial charge in [-0.15, -0.1) is 0 Å². The molecule has 0 amide bonds. The molecule has 0 spiro atoms. The Morgan fingerprint density at radius 2 is 2.29 bits per heavy atom. The Morgan fingerprint density at radius 1 is 1.47 bits per heavy atom. The third-order valence-corrected chi connectivity index (χ3v) is 3.79. The summed E-state index contributed by atoms with van der Waals surface area (Å²) >= 11 is 6.27. The predicted octanol–water partition coefficient (Wildman–Crippen LogP) is 3.98. The maximum absolute atomic E-state index is 8.84. The van der Waals surface area contributed by atoms with E-state index in [1.165, 1.54) is 19.3 Å². The van der Waals surface area contributed by atoms with Crippen LogP contribution in [0.25, 0.3) is 0 Å². The van der Waals surface area contributed by atoms with Crippen molar-refractivity contribution in [1.29, 1.82) is 5.26 Å². The third-order valence-electron chi connectivity index (χ3n) is 3.48. The molecular weight excluding hydrogens is 232 g/mol. The molecule has 0 saturated carbocycles. The molecule has 17 heavy (non-hydrogen) atoms. The van der Waals surface area contributed by atoms with Crippen molar-refractivity contribution in [1.82, 2.24) is 0 Å². The first kappa shape index (κ1) is 12.3. The van der Waals surface area contributed by atoms with Crippen molar-refractivity contribution < 1.29 is 0 Å². The predicted molar refractivity (Wildman–Crippen MR) is 71.4 cm³/mol. The van der Waals surface area contributed by atoms with Gasteiger partial charge in [-0.2, -0.15) is 5.26 Å². The summed E-state index contributed by atoms with van der Waals surface area (Å²) in [5.41, 5.74) is 1.71. The Hall–Kier alpha value is -1.20. The fourth-order valence-corrected chi connectivity index (χ4v) is 2.84. The smallest absolute Gasteiger partial charge is 0.0992 e. The molecule has 0 radical (unpaired) electrons. The van der Waals surface area contributed by atoms with Crippen LogP contribution in [0.15, 0.2) is 18.2 Å². The van der Waals surface area contributed by atoms with Gasteiger partial charge in [0, 0.05) is 12.6 Å². The molecule has 3 heteroatoms. The summed E-state index contributed by atoms with van der Waals surface area (Å²) in [5.74, 6) is 0. The minimum absolute atomic E-state index is 0.592. The van der Waals surface area contributed by atoms with E-state index in [9.17, 15) is 0 Å². The molecule has 1 aliphatic rings. The lowest BCUT2D eigenvalue weighted by Gasteiger charge is -2.37. The summed E-state index contributed by atoms with van der Waals surface area (Å²) in [6, 6.07) is 8.30. The average molecular weight is 249 g/mol. The van der Waals surface area contributed by atoms with Gasteiger partial charge in [0.2, 0.25) is 0 Å². The van der Waals surface area contributed by atoms with Crippen LogP contribution in [0, 0.1) is 11.3 Å². The molecule has 1 atom stereocenters. The Morgan fingerprint density at radius 3 is 2.94 bits per heavy atom. The normalized spacial score (nSPS) is 20.1. The fraction of sp³-hybridized carbons (Fsp3) is 0.500. The molecule has 1 aromatic carbocycles. The number of hydrogen-bond donors (Lipinski definition) is 0. The van der Waals surface area contributed by atoms with Gasteiger partial charge in [0.1, 0.15) is 0 Å². The average Bonchev–Trinajstić information content (AvgIpc) is 2.38. The summed E-state index contributed by atoms with van der Waals surface area (Å²) in [6.45, 7) is 3.30. The molecule has 1 aliphatic heterocycles. The van der Waals surface area contributed by atoms with Crippen LogP contribution in [-0.4, -0.2) is 12.6 Å². The van der Waals surface area contributed by atoms with Crippen molar-refractivity contribution in [2.45, 2.75) is 38.6 Å². The summed E-state index contributed by atoms with van der Waals surface area (Å²) < 4.78 is 0.